The summed E-state index contributed by atoms with van der Waals surface area (Å²) in [6.45, 7) is 1.27. The Morgan fingerprint density at radius 2 is 1.95 bits per heavy atom. The molecule has 2 aliphatic rings. The molecule has 1 saturated heterocycles. The van der Waals surface area contributed by atoms with Crippen LogP contribution in [0.15, 0.2) is 5.38 Å². The van der Waals surface area contributed by atoms with Gasteiger partial charge in [0, 0.05) is 37.5 Å². The van der Waals surface area contributed by atoms with Gasteiger partial charge < -0.3 is 9.80 Å². The summed E-state index contributed by atoms with van der Waals surface area (Å²) in [5.74, 6) is 0.420. The molecule has 1 aliphatic carbocycles. The summed E-state index contributed by atoms with van der Waals surface area (Å²) in [7, 11) is 1.84. The van der Waals surface area contributed by atoms with Gasteiger partial charge in [-0.1, -0.05) is 0 Å². The number of aromatic nitrogens is 1. The van der Waals surface area contributed by atoms with Crippen molar-refractivity contribution in [1.82, 2.24) is 9.88 Å². The van der Waals surface area contributed by atoms with Gasteiger partial charge in [-0.25, -0.2) is 4.98 Å². The van der Waals surface area contributed by atoms with Crippen molar-refractivity contribution in [3.8, 4) is 0 Å². The van der Waals surface area contributed by atoms with Crippen LogP contribution >= 0.6 is 11.3 Å². The summed E-state index contributed by atoms with van der Waals surface area (Å²) < 4.78 is 37.8. The van der Waals surface area contributed by atoms with Crippen molar-refractivity contribution in [1.29, 1.82) is 0 Å². The number of thiazole rings is 1. The van der Waals surface area contributed by atoms with Crippen LogP contribution in [0, 0.1) is 5.92 Å². The molecule has 0 bridgehead atoms. The first kappa shape index (κ1) is 15.6. The topological polar surface area (TPSA) is 36.4 Å². The Hall–Kier alpha value is -1.31. The van der Waals surface area contributed by atoms with Crippen LogP contribution in [-0.2, 0) is 11.0 Å². The Morgan fingerprint density at radius 1 is 1.32 bits per heavy atom. The third-order valence-corrected chi connectivity index (χ3v) is 5.24. The largest absolute Gasteiger partial charge is 0.434 e. The fraction of sp³-hybridized carbons (Fsp3) is 0.714. The second-order valence-corrected chi connectivity index (χ2v) is 6.79. The summed E-state index contributed by atoms with van der Waals surface area (Å²) in [6.07, 6.45) is -0.863. The molecule has 0 aromatic carbocycles. The average Bonchev–Trinajstić information content (AvgIpc) is 3.21. The lowest BCUT2D eigenvalue weighted by Gasteiger charge is -2.36. The number of anilines is 1. The average molecular weight is 333 g/mol. The standard InChI is InChI=1S/C14H18F3N3OS/c1-19(12(21)9-2-3-9)10-4-6-20(7-5-10)13-18-11(8-22-13)14(15,16)17/h8-10H,2-7H2,1H3. The summed E-state index contributed by atoms with van der Waals surface area (Å²) in [6, 6.07) is 0.186. The maximum Gasteiger partial charge on any atom is 0.434 e. The molecule has 0 atom stereocenters. The molecular formula is C14H18F3N3OS. The summed E-state index contributed by atoms with van der Waals surface area (Å²) in [4.78, 5) is 19.4. The third kappa shape index (κ3) is 3.21. The zero-order valence-electron chi connectivity index (χ0n) is 12.3. The number of hydrogen-bond donors (Lipinski definition) is 0. The number of carbonyl (C=O) groups is 1. The number of nitrogens with zero attached hydrogens (tertiary/aromatic N) is 3. The van der Waals surface area contributed by atoms with E-state index in [4.69, 9.17) is 0 Å². The fourth-order valence-electron chi connectivity index (χ4n) is 2.78. The first-order chi connectivity index (χ1) is 10.4. The Kier molecular flexibility index (Phi) is 4.05. The number of rotatable bonds is 3. The van der Waals surface area contributed by atoms with Crippen LogP contribution in [-0.4, -0.2) is 42.0 Å². The highest BCUT2D eigenvalue weighted by Gasteiger charge is 2.37. The molecule has 0 radical (unpaired) electrons. The van der Waals surface area contributed by atoms with E-state index in [9.17, 15) is 18.0 Å². The summed E-state index contributed by atoms with van der Waals surface area (Å²) >= 11 is 1.03. The van der Waals surface area contributed by atoms with Gasteiger partial charge in [0.2, 0.25) is 5.91 Å². The molecule has 0 N–H and O–H groups in total. The van der Waals surface area contributed by atoms with Crippen molar-refractivity contribution in [3.63, 3.8) is 0 Å². The number of hydrogen-bond acceptors (Lipinski definition) is 4. The Balaban J connectivity index is 1.57. The highest BCUT2D eigenvalue weighted by atomic mass is 32.1. The minimum Gasteiger partial charge on any atom is -0.348 e. The summed E-state index contributed by atoms with van der Waals surface area (Å²) in [5, 5.41) is 1.48. The number of piperidine rings is 1. The van der Waals surface area contributed by atoms with Gasteiger partial charge >= 0.3 is 6.18 Å². The van der Waals surface area contributed by atoms with Gasteiger partial charge in [0.1, 0.15) is 0 Å². The van der Waals surface area contributed by atoms with Gasteiger partial charge in [0.15, 0.2) is 10.8 Å². The van der Waals surface area contributed by atoms with Gasteiger partial charge in [-0.15, -0.1) is 11.3 Å². The highest BCUT2D eigenvalue weighted by Crippen LogP contribution is 2.35. The molecule has 2 fully saturated rings. The molecular weight excluding hydrogens is 315 g/mol. The van der Waals surface area contributed by atoms with Crippen LogP contribution in [0.3, 0.4) is 0 Å². The lowest BCUT2D eigenvalue weighted by Crippen LogP contribution is -2.46. The molecule has 4 nitrogen and oxygen atoms in total. The number of halogens is 3. The smallest absolute Gasteiger partial charge is 0.348 e. The minimum atomic E-state index is -4.38. The molecule has 1 amide bonds. The quantitative estimate of drug-likeness (QED) is 0.853. The van der Waals surface area contributed by atoms with Crippen LogP contribution in [0.1, 0.15) is 31.4 Å². The predicted octanol–water partition coefficient (Wildman–Crippen LogP) is 3.00. The first-order valence-electron chi connectivity index (χ1n) is 7.40. The lowest BCUT2D eigenvalue weighted by molar-refractivity contribution is -0.140. The van der Waals surface area contributed by atoms with E-state index >= 15 is 0 Å². The second kappa shape index (κ2) is 5.72. The maximum absolute atomic E-state index is 12.6. The lowest BCUT2D eigenvalue weighted by atomic mass is 10.0. The monoisotopic (exact) mass is 333 g/mol. The Morgan fingerprint density at radius 3 is 2.45 bits per heavy atom. The van der Waals surface area contributed by atoms with Crippen molar-refractivity contribution in [3.05, 3.63) is 11.1 Å². The van der Waals surface area contributed by atoms with Crippen molar-refractivity contribution in [2.24, 2.45) is 5.92 Å². The van der Waals surface area contributed by atoms with Gasteiger partial charge in [-0.2, -0.15) is 13.2 Å². The van der Waals surface area contributed by atoms with Crippen LogP contribution in [0.2, 0.25) is 0 Å². The maximum atomic E-state index is 12.6. The zero-order chi connectivity index (χ0) is 15.9. The fourth-order valence-corrected chi connectivity index (χ4v) is 3.67. The van der Waals surface area contributed by atoms with E-state index < -0.39 is 11.9 Å². The SMILES string of the molecule is CN(C(=O)C1CC1)C1CCN(c2nc(C(F)(F)F)cs2)CC1. The zero-order valence-corrected chi connectivity index (χ0v) is 13.1. The van der Waals surface area contributed by atoms with Crippen LogP contribution in [0.25, 0.3) is 0 Å². The molecule has 1 saturated carbocycles. The van der Waals surface area contributed by atoms with Crippen molar-refractivity contribution < 1.29 is 18.0 Å². The van der Waals surface area contributed by atoms with Gasteiger partial charge in [0.05, 0.1) is 0 Å². The van der Waals surface area contributed by atoms with Crippen LogP contribution < -0.4 is 4.90 Å². The van der Waals surface area contributed by atoms with E-state index in [-0.39, 0.29) is 17.9 Å². The second-order valence-electron chi connectivity index (χ2n) is 5.95. The molecule has 122 valence electrons. The van der Waals surface area contributed by atoms with E-state index in [1.807, 2.05) is 16.8 Å². The number of alkyl halides is 3. The predicted molar refractivity (Wildman–Crippen MR) is 77.8 cm³/mol. The van der Waals surface area contributed by atoms with Gasteiger partial charge in [-0.3, -0.25) is 4.79 Å². The van der Waals surface area contributed by atoms with Crippen molar-refractivity contribution in [2.75, 3.05) is 25.0 Å². The first-order valence-corrected chi connectivity index (χ1v) is 8.28. The minimum absolute atomic E-state index is 0.186. The van der Waals surface area contributed by atoms with Gasteiger partial charge in [0.25, 0.3) is 0 Å². The third-order valence-electron chi connectivity index (χ3n) is 4.34. The molecule has 1 aliphatic heterocycles. The number of carbonyl (C=O) groups excluding carboxylic acids is 1. The van der Waals surface area contributed by atoms with E-state index in [1.165, 1.54) is 0 Å². The Bertz CT molecular complexity index is 548. The van der Waals surface area contributed by atoms with E-state index in [2.05, 4.69) is 4.98 Å². The van der Waals surface area contributed by atoms with E-state index in [1.54, 1.807) is 0 Å². The van der Waals surface area contributed by atoms with Crippen molar-refractivity contribution in [2.45, 2.75) is 37.9 Å². The number of amides is 1. The molecule has 8 heteroatoms. The highest BCUT2D eigenvalue weighted by molar-refractivity contribution is 7.13. The molecule has 22 heavy (non-hydrogen) atoms. The molecule has 1 aromatic heterocycles. The van der Waals surface area contributed by atoms with E-state index in [0.29, 0.717) is 18.2 Å². The molecule has 1 aromatic rings. The van der Waals surface area contributed by atoms with Crippen molar-refractivity contribution >= 4 is 22.4 Å². The van der Waals surface area contributed by atoms with E-state index in [0.717, 1.165) is 42.4 Å². The molecule has 0 spiro atoms. The van der Waals surface area contributed by atoms with Crippen LogP contribution in [0.5, 0.6) is 0 Å². The summed E-state index contributed by atoms with van der Waals surface area (Å²) in [5.41, 5.74) is -0.823. The Labute approximate surface area is 130 Å². The van der Waals surface area contributed by atoms with Gasteiger partial charge in [-0.05, 0) is 25.7 Å². The van der Waals surface area contributed by atoms with Crippen LogP contribution in [0.4, 0.5) is 18.3 Å². The molecule has 3 rings (SSSR count). The molecule has 0 unspecified atom stereocenters. The normalized spacial score (nSPS) is 20.3. The molecule has 2 heterocycles.